The van der Waals surface area contributed by atoms with E-state index in [1.807, 2.05) is 18.4 Å². The Balaban J connectivity index is 1.75. The van der Waals surface area contributed by atoms with Gasteiger partial charge in [-0.2, -0.15) is 0 Å². The second-order valence-corrected chi connectivity index (χ2v) is 5.54. The smallest absolute Gasteiger partial charge is 0.191 e. The molecule has 22 heavy (non-hydrogen) atoms. The highest BCUT2D eigenvalue weighted by atomic mass is 32.1. The average Bonchev–Trinajstić information content (AvgIpc) is 3.02. The third-order valence-corrected chi connectivity index (χ3v) is 3.64. The number of benzene rings is 1. The van der Waals surface area contributed by atoms with Gasteiger partial charge in [0.1, 0.15) is 18.2 Å². The first-order valence-electron chi connectivity index (χ1n) is 7.21. The predicted octanol–water partition coefficient (Wildman–Crippen LogP) is 3.02. The molecule has 4 nitrogen and oxygen atoms in total. The van der Waals surface area contributed by atoms with Crippen LogP contribution in [0.25, 0.3) is 0 Å². The van der Waals surface area contributed by atoms with Crippen LogP contribution in [0.1, 0.15) is 11.8 Å². The molecule has 118 valence electrons. The Labute approximate surface area is 134 Å². The molecule has 2 N–H and O–H groups in total. The number of guanidine groups is 1. The summed E-state index contributed by atoms with van der Waals surface area (Å²) in [5.74, 6) is 0.984. The van der Waals surface area contributed by atoms with Gasteiger partial charge in [-0.1, -0.05) is 12.1 Å². The maximum atomic E-state index is 13.0. The Kier molecular flexibility index (Phi) is 6.70. The summed E-state index contributed by atoms with van der Waals surface area (Å²) < 4.78 is 18.5. The second-order valence-electron chi connectivity index (χ2n) is 4.51. The summed E-state index contributed by atoms with van der Waals surface area (Å²) in [6, 6.07) is 10.2. The molecule has 2 rings (SSSR count). The van der Waals surface area contributed by atoms with Crippen molar-refractivity contribution in [3.63, 3.8) is 0 Å². The van der Waals surface area contributed by atoms with E-state index in [0.717, 1.165) is 12.5 Å². The van der Waals surface area contributed by atoms with E-state index in [2.05, 4.69) is 21.7 Å². The van der Waals surface area contributed by atoms with Gasteiger partial charge in [0.2, 0.25) is 0 Å². The molecular formula is C16H20FN3OS. The summed E-state index contributed by atoms with van der Waals surface area (Å²) >= 11 is 1.69. The molecule has 0 fully saturated rings. The predicted molar refractivity (Wildman–Crippen MR) is 89.0 cm³/mol. The number of nitrogens with one attached hydrogen (secondary N) is 2. The van der Waals surface area contributed by atoms with Gasteiger partial charge in [0.25, 0.3) is 0 Å². The van der Waals surface area contributed by atoms with Crippen LogP contribution >= 0.6 is 11.3 Å². The minimum absolute atomic E-state index is 0.295. The van der Waals surface area contributed by atoms with Crippen molar-refractivity contribution in [2.75, 3.05) is 19.7 Å². The van der Waals surface area contributed by atoms with Gasteiger partial charge in [-0.15, -0.1) is 11.3 Å². The lowest BCUT2D eigenvalue weighted by Crippen LogP contribution is -2.39. The molecule has 2 aromatic rings. The fourth-order valence-electron chi connectivity index (χ4n) is 1.80. The molecule has 0 aliphatic heterocycles. The molecular weight excluding hydrogens is 301 g/mol. The van der Waals surface area contributed by atoms with Gasteiger partial charge in [0, 0.05) is 17.5 Å². The third kappa shape index (κ3) is 5.73. The van der Waals surface area contributed by atoms with E-state index in [0.29, 0.717) is 25.4 Å². The molecule has 1 heterocycles. The van der Waals surface area contributed by atoms with Crippen LogP contribution in [0.5, 0.6) is 5.75 Å². The van der Waals surface area contributed by atoms with Crippen LogP contribution in [0, 0.1) is 5.82 Å². The van der Waals surface area contributed by atoms with Gasteiger partial charge in [-0.05, 0) is 30.5 Å². The van der Waals surface area contributed by atoms with Gasteiger partial charge in [0.05, 0.1) is 13.1 Å². The molecule has 0 unspecified atom stereocenters. The van der Waals surface area contributed by atoms with E-state index in [9.17, 15) is 4.39 Å². The van der Waals surface area contributed by atoms with Crippen LogP contribution in [-0.4, -0.2) is 25.7 Å². The molecule has 0 aliphatic carbocycles. The highest BCUT2D eigenvalue weighted by Gasteiger charge is 1.99. The van der Waals surface area contributed by atoms with Gasteiger partial charge < -0.3 is 15.4 Å². The number of rotatable bonds is 7. The number of ether oxygens (including phenoxy) is 1. The van der Waals surface area contributed by atoms with Crippen LogP contribution in [0.4, 0.5) is 4.39 Å². The Hall–Kier alpha value is -2.08. The third-order valence-electron chi connectivity index (χ3n) is 2.78. The summed E-state index contributed by atoms with van der Waals surface area (Å²) in [6.07, 6.45) is 0. The maximum absolute atomic E-state index is 13.0. The Morgan fingerprint density at radius 2 is 2.18 bits per heavy atom. The van der Waals surface area contributed by atoms with Crippen molar-refractivity contribution in [1.29, 1.82) is 0 Å². The topological polar surface area (TPSA) is 45.7 Å². The monoisotopic (exact) mass is 321 g/mol. The average molecular weight is 321 g/mol. The van der Waals surface area contributed by atoms with Crippen molar-refractivity contribution in [1.82, 2.24) is 10.6 Å². The Morgan fingerprint density at radius 3 is 2.91 bits per heavy atom. The molecule has 0 radical (unpaired) electrons. The van der Waals surface area contributed by atoms with Crippen LogP contribution in [0.15, 0.2) is 46.8 Å². The molecule has 0 saturated carbocycles. The molecule has 0 amide bonds. The molecule has 0 saturated heterocycles. The lowest BCUT2D eigenvalue weighted by Gasteiger charge is -2.12. The SMILES string of the molecule is CCNC(=NCc1cccs1)NCCOc1cccc(F)c1. The van der Waals surface area contributed by atoms with Crippen molar-refractivity contribution in [3.8, 4) is 5.75 Å². The lowest BCUT2D eigenvalue weighted by atomic mass is 10.3. The van der Waals surface area contributed by atoms with E-state index in [1.165, 1.54) is 17.0 Å². The second kappa shape index (κ2) is 9.04. The first-order valence-corrected chi connectivity index (χ1v) is 8.09. The molecule has 0 bridgehead atoms. The number of hydrogen-bond donors (Lipinski definition) is 2. The van der Waals surface area contributed by atoms with Crippen LogP contribution < -0.4 is 15.4 Å². The normalized spacial score (nSPS) is 11.3. The van der Waals surface area contributed by atoms with Crippen molar-refractivity contribution >= 4 is 17.3 Å². The number of thiophene rings is 1. The minimum Gasteiger partial charge on any atom is -0.492 e. The summed E-state index contributed by atoms with van der Waals surface area (Å²) in [4.78, 5) is 5.72. The fraction of sp³-hybridized carbons (Fsp3) is 0.312. The van der Waals surface area contributed by atoms with Gasteiger partial charge in [-0.25, -0.2) is 9.38 Å². The van der Waals surface area contributed by atoms with Crippen LogP contribution in [-0.2, 0) is 6.54 Å². The zero-order valence-electron chi connectivity index (χ0n) is 12.5. The first-order chi connectivity index (χ1) is 10.8. The molecule has 0 spiro atoms. The number of nitrogens with zero attached hydrogens (tertiary/aromatic N) is 1. The number of aliphatic imine (C=N–C) groups is 1. The zero-order valence-corrected chi connectivity index (χ0v) is 13.3. The fourth-order valence-corrected chi connectivity index (χ4v) is 2.42. The largest absolute Gasteiger partial charge is 0.492 e. The van der Waals surface area contributed by atoms with Gasteiger partial charge >= 0.3 is 0 Å². The molecule has 6 heteroatoms. The molecule has 0 aliphatic rings. The first kappa shape index (κ1) is 16.3. The Morgan fingerprint density at radius 1 is 1.27 bits per heavy atom. The highest BCUT2D eigenvalue weighted by Crippen LogP contribution is 2.11. The molecule has 0 atom stereocenters. The van der Waals surface area contributed by atoms with E-state index < -0.39 is 0 Å². The minimum atomic E-state index is -0.295. The van der Waals surface area contributed by atoms with Crippen LogP contribution in [0.2, 0.25) is 0 Å². The number of halogens is 1. The van der Waals surface area contributed by atoms with Gasteiger partial charge in [0.15, 0.2) is 5.96 Å². The van der Waals surface area contributed by atoms with Crippen molar-refractivity contribution < 1.29 is 9.13 Å². The van der Waals surface area contributed by atoms with E-state index in [1.54, 1.807) is 23.5 Å². The van der Waals surface area contributed by atoms with Gasteiger partial charge in [-0.3, -0.25) is 0 Å². The zero-order chi connectivity index (χ0) is 15.6. The van der Waals surface area contributed by atoms with E-state index in [4.69, 9.17) is 4.74 Å². The lowest BCUT2D eigenvalue weighted by molar-refractivity contribution is 0.320. The summed E-state index contributed by atoms with van der Waals surface area (Å²) in [7, 11) is 0. The van der Waals surface area contributed by atoms with Crippen molar-refractivity contribution in [2.24, 2.45) is 4.99 Å². The van der Waals surface area contributed by atoms with E-state index >= 15 is 0 Å². The summed E-state index contributed by atoms with van der Waals surface area (Å²) in [5, 5.41) is 8.41. The van der Waals surface area contributed by atoms with Crippen molar-refractivity contribution in [3.05, 3.63) is 52.5 Å². The van der Waals surface area contributed by atoms with E-state index in [-0.39, 0.29) is 5.82 Å². The standard InChI is InChI=1S/C16H20FN3OS/c1-2-18-16(20-12-15-7-4-10-22-15)19-8-9-21-14-6-3-5-13(17)11-14/h3-7,10-11H,2,8-9,12H2,1H3,(H2,18,19,20). The summed E-state index contributed by atoms with van der Waals surface area (Å²) in [5.41, 5.74) is 0. The maximum Gasteiger partial charge on any atom is 0.191 e. The van der Waals surface area contributed by atoms with Crippen LogP contribution in [0.3, 0.4) is 0 Å². The number of hydrogen-bond acceptors (Lipinski definition) is 3. The molecule has 1 aromatic heterocycles. The molecule has 1 aromatic carbocycles. The quantitative estimate of drug-likeness (QED) is 0.468. The highest BCUT2D eigenvalue weighted by molar-refractivity contribution is 7.09. The Bertz CT molecular complexity index is 587. The van der Waals surface area contributed by atoms with Crippen molar-refractivity contribution in [2.45, 2.75) is 13.5 Å². The summed E-state index contributed by atoms with van der Waals surface area (Å²) in [6.45, 7) is 4.49.